The van der Waals surface area contributed by atoms with Gasteiger partial charge in [-0.05, 0) is 25.3 Å². The van der Waals surface area contributed by atoms with Crippen molar-refractivity contribution in [2.45, 2.75) is 70.4 Å². The highest BCUT2D eigenvalue weighted by atomic mass is 33.1. The van der Waals surface area contributed by atoms with Crippen molar-refractivity contribution in [3.05, 3.63) is 12.2 Å². The SMILES string of the molecule is CC(C)[C@@H]1NC(=O)C2CSSCC/C=C/[C@H](CC(=O)N[C@@H](C)C(=O)N2)OC(=O)C[C@@H]1O. The van der Waals surface area contributed by atoms with Crippen molar-refractivity contribution in [2.24, 2.45) is 5.92 Å². The number of amides is 3. The van der Waals surface area contributed by atoms with Crippen molar-refractivity contribution < 1.29 is 29.0 Å². The molecular weight excluding hydrogens is 442 g/mol. The number of carbonyl (C=O) groups is 4. The molecule has 3 amide bonds. The van der Waals surface area contributed by atoms with E-state index < -0.39 is 54.0 Å². The van der Waals surface area contributed by atoms with E-state index >= 15 is 0 Å². The van der Waals surface area contributed by atoms with E-state index in [1.807, 2.05) is 19.9 Å². The molecule has 1 saturated heterocycles. The number of carbonyl (C=O) groups excluding carboxylic acids is 4. The van der Waals surface area contributed by atoms with Crippen molar-refractivity contribution in [3.63, 3.8) is 0 Å². The Balaban J connectivity index is 2.41. The second-order valence-electron chi connectivity index (χ2n) is 7.96. The van der Waals surface area contributed by atoms with Crippen molar-refractivity contribution in [2.75, 3.05) is 11.5 Å². The monoisotopic (exact) mass is 473 g/mol. The second kappa shape index (κ2) is 12.4. The molecule has 0 aromatic carbocycles. The lowest BCUT2D eigenvalue weighted by Gasteiger charge is -2.29. The van der Waals surface area contributed by atoms with E-state index in [0.29, 0.717) is 12.2 Å². The summed E-state index contributed by atoms with van der Waals surface area (Å²) in [6, 6.07) is -2.44. The van der Waals surface area contributed by atoms with Gasteiger partial charge in [-0.25, -0.2) is 0 Å². The molecule has 1 fully saturated rings. The molecule has 0 aliphatic carbocycles. The zero-order valence-corrected chi connectivity index (χ0v) is 19.6. The number of ether oxygens (including phenoxy) is 1. The van der Waals surface area contributed by atoms with Crippen LogP contribution < -0.4 is 16.0 Å². The topological polar surface area (TPSA) is 134 Å². The van der Waals surface area contributed by atoms with Crippen LogP contribution in [0.1, 0.15) is 40.0 Å². The van der Waals surface area contributed by atoms with Gasteiger partial charge in [0.15, 0.2) is 0 Å². The van der Waals surface area contributed by atoms with Crippen molar-refractivity contribution in [1.29, 1.82) is 0 Å². The molecule has 9 nitrogen and oxygen atoms in total. The van der Waals surface area contributed by atoms with E-state index in [2.05, 4.69) is 16.0 Å². The average molecular weight is 474 g/mol. The summed E-state index contributed by atoms with van der Waals surface area (Å²) in [4.78, 5) is 50.4. The summed E-state index contributed by atoms with van der Waals surface area (Å²) in [5.74, 6) is -1.17. The smallest absolute Gasteiger partial charge is 0.309 e. The predicted molar refractivity (Wildman–Crippen MR) is 120 cm³/mol. The minimum atomic E-state index is -1.18. The Morgan fingerprint density at radius 3 is 2.52 bits per heavy atom. The first-order valence-corrected chi connectivity index (χ1v) is 12.8. The zero-order chi connectivity index (χ0) is 23.0. The van der Waals surface area contributed by atoms with Gasteiger partial charge in [0.25, 0.3) is 0 Å². The van der Waals surface area contributed by atoms with Crippen LogP contribution >= 0.6 is 21.6 Å². The molecule has 0 saturated carbocycles. The lowest BCUT2D eigenvalue weighted by Crippen LogP contribution is -2.57. The first kappa shape index (κ1) is 25.5. The summed E-state index contributed by atoms with van der Waals surface area (Å²) < 4.78 is 5.43. The van der Waals surface area contributed by atoms with Gasteiger partial charge in [0.2, 0.25) is 17.7 Å². The van der Waals surface area contributed by atoms with Crippen LogP contribution in [0.25, 0.3) is 0 Å². The maximum Gasteiger partial charge on any atom is 0.309 e. The standard InChI is InChI=1S/C20H31N3O6S2/c1-11(2)18-15(24)9-17(26)29-13-6-4-5-7-30-31-10-14(20(28)23-18)22-19(27)12(3)21-16(25)8-13/h4,6,11-15,18,24H,5,7-10H2,1-3H3,(H,21,25)(H,22,27)(H,23,28)/b6-4+/t12-,13+,14?,15-,18-/m0/s1. The Hall–Kier alpha value is -1.72. The Bertz CT molecular complexity index is 702. The molecule has 2 aliphatic rings. The Labute approximate surface area is 190 Å². The predicted octanol–water partition coefficient (Wildman–Crippen LogP) is 0.525. The lowest BCUT2D eigenvalue weighted by molar-refractivity contribution is -0.151. The molecule has 0 aromatic heterocycles. The maximum absolute atomic E-state index is 13.0. The number of rotatable bonds is 1. The molecule has 1 unspecified atom stereocenters. The van der Waals surface area contributed by atoms with Gasteiger partial charge in [0, 0.05) is 11.5 Å². The van der Waals surface area contributed by atoms with Crippen molar-refractivity contribution in [1.82, 2.24) is 16.0 Å². The fourth-order valence-corrected chi connectivity index (χ4v) is 5.36. The molecule has 2 rings (SSSR count). The van der Waals surface area contributed by atoms with Gasteiger partial charge in [-0.2, -0.15) is 0 Å². The third-order valence-corrected chi connectivity index (χ3v) is 7.37. The molecule has 0 spiro atoms. The van der Waals surface area contributed by atoms with Crippen LogP contribution in [0.2, 0.25) is 0 Å². The van der Waals surface area contributed by atoms with Gasteiger partial charge in [-0.1, -0.05) is 41.5 Å². The summed E-state index contributed by atoms with van der Waals surface area (Å²) in [6.45, 7) is 5.17. The maximum atomic E-state index is 13.0. The first-order valence-electron chi connectivity index (χ1n) is 10.4. The van der Waals surface area contributed by atoms with E-state index in [9.17, 15) is 24.3 Å². The molecule has 4 N–H and O–H groups in total. The van der Waals surface area contributed by atoms with Gasteiger partial charge < -0.3 is 25.8 Å². The second-order valence-corrected chi connectivity index (χ2v) is 10.6. The van der Waals surface area contributed by atoms with Gasteiger partial charge in [0.05, 0.1) is 25.0 Å². The molecule has 174 valence electrons. The highest BCUT2D eigenvalue weighted by Gasteiger charge is 2.32. The van der Waals surface area contributed by atoms with Crippen LogP contribution in [-0.4, -0.2) is 70.6 Å². The lowest BCUT2D eigenvalue weighted by atomic mass is 9.96. The Morgan fingerprint density at radius 1 is 1.06 bits per heavy atom. The average Bonchev–Trinajstić information content (AvgIpc) is 2.68. The highest BCUT2D eigenvalue weighted by Crippen LogP contribution is 2.24. The summed E-state index contributed by atoms with van der Waals surface area (Å²) in [5.41, 5.74) is 0. The number of allylic oxidation sites excluding steroid dienone is 1. The molecule has 2 bridgehead atoms. The van der Waals surface area contributed by atoms with Gasteiger partial charge >= 0.3 is 5.97 Å². The molecule has 0 radical (unpaired) electrons. The molecule has 2 heterocycles. The first-order chi connectivity index (χ1) is 14.7. The summed E-state index contributed by atoms with van der Waals surface area (Å²) in [7, 11) is 3.02. The third-order valence-electron chi connectivity index (χ3n) is 4.93. The minimum absolute atomic E-state index is 0.147. The van der Waals surface area contributed by atoms with Crippen LogP contribution in [0.4, 0.5) is 0 Å². The Kier molecular flexibility index (Phi) is 10.2. The third kappa shape index (κ3) is 8.38. The van der Waals surface area contributed by atoms with E-state index in [1.54, 1.807) is 16.9 Å². The quantitative estimate of drug-likeness (QED) is 0.246. The minimum Gasteiger partial charge on any atom is -0.457 e. The summed E-state index contributed by atoms with van der Waals surface area (Å²) in [6.07, 6.45) is 1.72. The number of fused-ring (bicyclic) bond motifs is 7. The fraction of sp³-hybridized carbons (Fsp3) is 0.700. The van der Waals surface area contributed by atoms with E-state index in [0.717, 1.165) is 5.75 Å². The number of hydrogen-bond donors (Lipinski definition) is 4. The largest absolute Gasteiger partial charge is 0.457 e. The van der Waals surface area contributed by atoms with Crippen LogP contribution in [0.5, 0.6) is 0 Å². The van der Waals surface area contributed by atoms with E-state index in [1.165, 1.54) is 17.7 Å². The molecule has 2 aliphatic heterocycles. The number of aliphatic hydroxyl groups is 1. The van der Waals surface area contributed by atoms with Crippen LogP contribution in [0, 0.1) is 5.92 Å². The molecular formula is C20H31N3O6S2. The van der Waals surface area contributed by atoms with Crippen LogP contribution in [0.15, 0.2) is 12.2 Å². The van der Waals surface area contributed by atoms with Crippen LogP contribution in [0.3, 0.4) is 0 Å². The zero-order valence-electron chi connectivity index (χ0n) is 18.0. The number of esters is 1. The highest BCUT2D eigenvalue weighted by molar-refractivity contribution is 8.76. The number of aliphatic hydroxyl groups excluding tert-OH is 1. The van der Waals surface area contributed by atoms with Gasteiger partial charge in [-0.3, -0.25) is 19.2 Å². The van der Waals surface area contributed by atoms with Crippen molar-refractivity contribution in [3.8, 4) is 0 Å². The Morgan fingerprint density at radius 2 is 1.81 bits per heavy atom. The van der Waals surface area contributed by atoms with Crippen molar-refractivity contribution >= 4 is 45.3 Å². The molecule has 0 aromatic rings. The fourth-order valence-electron chi connectivity index (χ4n) is 3.20. The summed E-state index contributed by atoms with van der Waals surface area (Å²) >= 11 is 0. The number of nitrogens with one attached hydrogen (secondary N) is 3. The number of hydrogen-bond acceptors (Lipinski definition) is 8. The normalized spacial score (nSPS) is 33.1. The molecule has 11 heteroatoms. The molecule has 5 atom stereocenters. The van der Waals surface area contributed by atoms with Gasteiger partial charge in [0.1, 0.15) is 18.2 Å². The summed E-state index contributed by atoms with van der Waals surface area (Å²) in [5, 5.41) is 18.7. The van der Waals surface area contributed by atoms with Gasteiger partial charge in [-0.15, -0.1) is 0 Å². The van der Waals surface area contributed by atoms with E-state index in [4.69, 9.17) is 4.74 Å². The molecule has 31 heavy (non-hydrogen) atoms. The van der Waals surface area contributed by atoms with Crippen LogP contribution in [-0.2, 0) is 23.9 Å². The van der Waals surface area contributed by atoms with E-state index in [-0.39, 0.29) is 18.8 Å².